The van der Waals surface area contributed by atoms with Gasteiger partial charge in [0.25, 0.3) is 20.2 Å². The van der Waals surface area contributed by atoms with Crippen LogP contribution in [0.4, 0.5) is 5.13 Å². The summed E-state index contributed by atoms with van der Waals surface area (Å²) in [5, 5.41) is 1.13. The first kappa shape index (κ1) is 35.9. The number of nitrogens with zero attached hydrogens (tertiary/aromatic N) is 3. The third kappa shape index (κ3) is 11.1. The molecule has 0 amide bonds. The quantitative estimate of drug-likeness (QED) is 0.173. The smallest absolute Gasteiger partial charge is 0.294 e. The lowest BCUT2D eigenvalue weighted by Gasteiger charge is -2.24. The SMILES string of the molecule is CN(c1nc2ccccc2s1)C1CCN(C/C=C/c2ccccc2)C1.Cc1ccc(S(=O)(=O)O)cc1.Cc1ccc(S(=O)(=O)O)cc1. The lowest BCUT2D eigenvalue weighted by Crippen LogP contribution is -2.34. The summed E-state index contributed by atoms with van der Waals surface area (Å²) in [7, 11) is -5.85. The van der Waals surface area contributed by atoms with E-state index in [1.165, 1.54) is 40.9 Å². The molecular formula is C35H39N3O6S3. The molecule has 1 aliphatic rings. The van der Waals surface area contributed by atoms with E-state index in [9.17, 15) is 16.8 Å². The summed E-state index contributed by atoms with van der Waals surface area (Å²) in [6.45, 7) is 6.95. The van der Waals surface area contributed by atoms with Gasteiger partial charge in [0.15, 0.2) is 5.13 Å². The number of aromatic nitrogens is 1. The monoisotopic (exact) mass is 693 g/mol. The Morgan fingerprint density at radius 1 is 0.809 bits per heavy atom. The van der Waals surface area contributed by atoms with E-state index in [2.05, 4.69) is 83.6 Å². The molecule has 5 aromatic rings. The molecular weight excluding hydrogens is 655 g/mol. The van der Waals surface area contributed by atoms with Gasteiger partial charge in [-0.1, -0.05) is 101 Å². The Hall–Kier alpha value is -3.91. The normalized spacial score (nSPS) is 15.1. The highest BCUT2D eigenvalue weighted by molar-refractivity contribution is 7.86. The van der Waals surface area contributed by atoms with Crippen molar-refractivity contribution in [3.63, 3.8) is 0 Å². The van der Waals surface area contributed by atoms with E-state index in [0.29, 0.717) is 6.04 Å². The summed E-state index contributed by atoms with van der Waals surface area (Å²) in [5.74, 6) is 0. The summed E-state index contributed by atoms with van der Waals surface area (Å²) in [5.41, 5.74) is 4.29. The van der Waals surface area contributed by atoms with E-state index < -0.39 is 20.2 Å². The van der Waals surface area contributed by atoms with Crippen molar-refractivity contribution < 1.29 is 25.9 Å². The molecule has 1 fully saturated rings. The number of likely N-dealkylation sites (N-methyl/N-ethyl adjacent to an activating group) is 1. The molecule has 1 atom stereocenters. The Morgan fingerprint density at radius 2 is 1.34 bits per heavy atom. The van der Waals surface area contributed by atoms with Crippen molar-refractivity contribution in [3.05, 3.63) is 126 Å². The zero-order valence-electron chi connectivity index (χ0n) is 26.5. The third-order valence-electron chi connectivity index (χ3n) is 7.49. The maximum absolute atomic E-state index is 10.5. The van der Waals surface area contributed by atoms with Gasteiger partial charge in [0, 0.05) is 32.7 Å². The molecule has 4 aromatic carbocycles. The average Bonchev–Trinajstić information content (AvgIpc) is 3.69. The summed E-state index contributed by atoms with van der Waals surface area (Å²) in [4.78, 5) is 9.55. The summed E-state index contributed by atoms with van der Waals surface area (Å²) in [6, 6.07) is 31.4. The number of likely N-dealkylation sites (tertiary alicyclic amines) is 1. The van der Waals surface area contributed by atoms with Crippen LogP contribution < -0.4 is 4.90 Å². The molecule has 248 valence electrons. The van der Waals surface area contributed by atoms with Crippen molar-refractivity contribution in [2.75, 3.05) is 31.6 Å². The topological polar surface area (TPSA) is 128 Å². The second-order valence-electron chi connectivity index (χ2n) is 11.2. The number of rotatable bonds is 7. The van der Waals surface area contributed by atoms with Gasteiger partial charge in [0.05, 0.1) is 20.0 Å². The van der Waals surface area contributed by atoms with E-state index in [0.717, 1.165) is 41.4 Å². The van der Waals surface area contributed by atoms with Crippen LogP contribution in [0.15, 0.2) is 119 Å². The molecule has 6 rings (SSSR count). The van der Waals surface area contributed by atoms with Crippen molar-refractivity contribution in [1.82, 2.24) is 9.88 Å². The van der Waals surface area contributed by atoms with Gasteiger partial charge in [-0.15, -0.1) is 0 Å². The standard InChI is InChI=1S/C21H23N3S.2C7H8O3S/c1-23(21-22-19-11-5-6-12-20(19)25-21)18-13-15-24(16-18)14-7-10-17-8-3-2-4-9-17;2*1-6-2-4-7(5-3-6)11(8,9)10/h2-12,18H,13-16H2,1H3;2*2-5H,1H3,(H,8,9,10)/b10-7+;;. The number of benzene rings is 4. The van der Waals surface area contributed by atoms with Crippen molar-refractivity contribution in [3.8, 4) is 0 Å². The van der Waals surface area contributed by atoms with Gasteiger partial charge < -0.3 is 4.90 Å². The van der Waals surface area contributed by atoms with Crippen LogP contribution in [0.1, 0.15) is 23.1 Å². The number of aryl methyl sites for hydroxylation is 2. The van der Waals surface area contributed by atoms with Gasteiger partial charge in [-0.25, -0.2) is 4.98 Å². The van der Waals surface area contributed by atoms with E-state index in [-0.39, 0.29) is 9.79 Å². The highest BCUT2D eigenvalue weighted by Crippen LogP contribution is 2.30. The molecule has 0 bridgehead atoms. The molecule has 1 unspecified atom stereocenters. The van der Waals surface area contributed by atoms with Crippen molar-refractivity contribution in [2.24, 2.45) is 0 Å². The molecule has 0 spiro atoms. The number of para-hydroxylation sites is 1. The molecule has 12 heteroatoms. The van der Waals surface area contributed by atoms with E-state index in [1.807, 2.05) is 13.8 Å². The van der Waals surface area contributed by atoms with E-state index in [4.69, 9.17) is 14.1 Å². The summed E-state index contributed by atoms with van der Waals surface area (Å²) >= 11 is 1.79. The van der Waals surface area contributed by atoms with Gasteiger partial charge in [-0.2, -0.15) is 16.8 Å². The van der Waals surface area contributed by atoms with Crippen LogP contribution in [0, 0.1) is 13.8 Å². The fourth-order valence-corrected chi connectivity index (χ4v) is 6.74. The lowest BCUT2D eigenvalue weighted by molar-refractivity contribution is 0.371. The minimum absolute atomic E-state index is 0.0666. The Bertz CT molecular complexity index is 1870. The Morgan fingerprint density at radius 3 is 1.87 bits per heavy atom. The first-order valence-corrected chi connectivity index (χ1v) is 18.6. The molecule has 9 nitrogen and oxygen atoms in total. The first-order valence-electron chi connectivity index (χ1n) is 14.9. The van der Waals surface area contributed by atoms with Crippen LogP contribution in [0.2, 0.25) is 0 Å². The number of anilines is 1. The molecule has 0 radical (unpaired) electrons. The van der Waals surface area contributed by atoms with E-state index in [1.54, 1.807) is 35.6 Å². The molecule has 2 heterocycles. The third-order valence-corrected chi connectivity index (χ3v) is 10.4. The maximum Gasteiger partial charge on any atom is 0.294 e. The molecule has 47 heavy (non-hydrogen) atoms. The lowest BCUT2D eigenvalue weighted by atomic mass is 10.2. The molecule has 1 saturated heterocycles. The fourth-order valence-electron chi connectivity index (χ4n) is 4.78. The van der Waals surface area contributed by atoms with Crippen LogP contribution in [0.25, 0.3) is 16.3 Å². The molecule has 1 aliphatic heterocycles. The minimum atomic E-state index is -4.02. The second kappa shape index (κ2) is 16.3. The fraction of sp³-hybridized carbons (Fsp3) is 0.229. The highest BCUT2D eigenvalue weighted by Gasteiger charge is 2.26. The van der Waals surface area contributed by atoms with Crippen LogP contribution in [-0.2, 0) is 20.2 Å². The van der Waals surface area contributed by atoms with Gasteiger partial charge in [0.1, 0.15) is 0 Å². The van der Waals surface area contributed by atoms with Gasteiger partial charge >= 0.3 is 0 Å². The summed E-state index contributed by atoms with van der Waals surface area (Å²) < 4.78 is 60.4. The molecule has 1 aromatic heterocycles. The first-order chi connectivity index (χ1) is 22.3. The molecule has 2 N–H and O–H groups in total. The van der Waals surface area contributed by atoms with Gasteiger partial charge in [0.2, 0.25) is 0 Å². The predicted octanol–water partition coefficient (Wildman–Crippen LogP) is 7.00. The number of thiazole rings is 1. The number of fused-ring (bicyclic) bond motifs is 1. The minimum Gasteiger partial charge on any atom is -0.347 e. The Kier molecular flexibility index (Phi) is 12.4. The highest BCUT2D eigenvalue weighted by atomic mass is 32.2. The maximum atomic E-state index is 10.5. The zero-order chi connectivity index (χ0) is 34.0. The van der Waals surface area contributed by atoms with E-state index >= 15 is 0 Å². The number of hydrogen-bond acceptors (Lipinski definition) is 8. The average molecular weight is 694 g/mol. The summed E-state index contributed by atoms with van der Waals surface area (Å²) in [6.07, 6.45) is 5.69. The molecule has 0 aliphatic carbocycles. The van der Waals surface area contributed by atoms with Gasteiger partial charge in [-0.3, -0.25) is 14.0 Å². The second-order valence-corrected chi connectivity index (χ2v) is 15.0. The van der Waals surface area contributed by atoms with Crippen LogP contribution in [-0.4, -0.2) is 68.5 Å². The Balaban J connectivity index is 0.000000188. The zero-order valence-corrected chi connectivity index (χ0v) is 28.9. The van der Waals surface area contributed by atoms with Crippen LogP contribution in [0.5, 0.6) is 0 Å². The predicted molar refractivity (Wildman–Crippen MR) is 190 cm³/mol. The van der Waals surface area contributed by atoms with Crippen LogP contribution in [0.3, 0.4) is 0 Å². The van der Waals surface area contributed by atoms with Crippen molar-refractivity contribution in [1.29, 1.82) is 0 Å². The van der Waals surface area contributed by atoms with Crippen LogP contribution >= 0.6 is 11.3 Å². The number of hydrogen-bond donors (Lipinski definition) is 2. The van der Waals surface area contributed by atoms with Crippen molar-refractivity contribution >= 4 is 53.0 Å². The largest absolute Gasteiger partial charge is 0.347 e. The van der Waals surface area contributed by atoms with Gasteiger partial charge in [-0.05, 0) is 62.2 Å². The van der Waals surface area contributed by atoms with Crippen molar-refractivity contribution in [2.45, 2.75) is 36.1 Å². The Labute approximate surface area is 281 Å². The molecule has 0 saturated carbocycles.